The molecule has 6 aromatic rings. The summed E-state index contributed by atoms with van der Waals surface area (Å²) in [5.41, 5.74) is 3.46. The minimum absolute atomic E-state index is 0.0367. The Morgan fingerprint density at radius 2 is 1.09 bits per heavy atom. The predicted molar refractivity (Wildman–Crippen MR) is 303 cm³/mol. The van der Waals surface area contributed by atoms with E-state index in [-0.39, 0.29) is 73.4 Å². The molecule has 12 rings (SSSR count). The van der Waals surface area contributed by atoms with Crippen LogP contribution < -0.4 is 25.8 Å². The van der Waals surface area contributed by atoms with Crippen LogP contribution in [-0.4, -0.2) is 181 Å². The van der Waals surface area contributed by atoms with Gasteiger partial charge in [0.05, 0.1) is 62.3 Å². The second kappa shape index (κ2) is 23.0. The van der Waals surface area contributed by atoms with E-state index in [4.69, 9.17) is 24.2 Å². The number of hydrogen-bond donors (Lipinski definition) is 3. The van der Waals surface area contributed by atoms with E-state index in [9.17, 15) is 24.0 Å². The Morgan fingerprint density at radius 3 is 1.58 bits per heavy atom. The normalized spacial score (nSPS) is 21.6. The van der Waals surface area contributed by atoms with Crippen LogP contribution in [0.2, 0.25) is 0 Å². The fourth-order valence-electron chi connectivity index (χ4n) is 11.9. The van der Waals surface area contributed by atoms with Gasteiger partial charge in [-0.05, 0) is 82.9 Å². The van der Waals surface area contributed by atoms with Gasteiger partial charge in [-0.3, -0.25) is 24.1 Å². The Bertz CT molecular complexity index is 3310. The monoisotopic (exact) mass is 1110 g/mol. The van der Waals surface area contributed by atoms with E-state index in [0.29, 0.717) is 79.0 Å². The summed E-state index contributed by atoms with van der Waals surface area (Å²) in [7, 11) is 7.04. The van der Waals surface area contributed by atoms with Crippen molar-refractivity contribution in [2.24, 2.45) is 0 Å². The van der Waals surface area contributed by atoms with Crippen molar-refractivity contribution in [1.82, 2.24) is 59.1 Å². The first-order valence-electron chi connectivity index (χ1n) is 28.1. The van der Waals surface area contributed by atoms with Gasteiger partial charge in [-0.1, -0.05) is 25.7 Å². The minimum atomic E-state index is -0.644. The van der Waals surface area contributed by atoms with Crippen LogP contribution in [-0.2, 0) is 23.8 Å². The molecule has 6 fully saturated rings. The van der Waals surface area contributed by atoms with Gasteiger partial charge in [-0.25, -0.2) is 24.7 Å². The van der Waals surface area contributed by atoms with E-state index < -0.39 is 17.7 Å². The van der Waals surface area contributed by atoms with Gasteiger partial charge in [0.25, 0.3) is 11.8 Å². The lowest BCUT2D eigenvalue weighted by Crippen LogP contribution is -2.57. The van der Waals surface area contributed by atoms with Crippen LogP contribution in [0.5, 0.6) is 0 Å². The first-order valence-corrected chi connectivity index (χ1v) is 28.1. The van der Waals surface area contributed by atoms with Crippen molar-refractivity contribution in [3.63, 3.8) is 0 Å². The van der Waals surface area contributed by atoms with Crippen LogP contribution in [0.1, 0.15) is 118 Å². The van der Waals surface area contributed by atoms with Crippen LogP contribution in [0.15, 0.2) is 61.2 Å². The molecule has 4 saturated heterocycles. The third-order valence-corrected chi connectivity index (χ3v) is 15.7. The number of aromatic nitrogens is 8. The lowest BCUT2D eigenvalue weighted by Gasteiger charge is -2.40. The molecule has 81 heavy (non-hydrogen) atoms. The summed E-state index contributed by atoms with van der Waals surface area (Å²) in [6.07, 6.45) is 15.5. The average molecular weight is 1110 g/mol. The summed E-state index contributed by atoms with van der Waals surface area (Å²) in [6, 6.07) is 11.0. The molecular weight excluding hydrogens is 1040 g/mol. The molecule has 6 aromatic heterocycles. The van der Waals surface area contributed by atoms with Gasteiger partial charge >= 0.3 is 6.09 Å². The quantitative estimate of drug-likeness (QED) is 0.130. The molecule has 428 valence electrons. The summed E-state index contributed by atoms with van der Waals surface area (Å²) >= 11 is 0. The number of nitrogens with zero attached hydrogens (tertiary/aromatic N) is 13. The summed E-state index contributed by atoms with van der Waals surface area (Å²) in [6.45, 7) is 8.07. The van der Waals surface area contributed by atoms with Crippen LogP contribution in [0.25, 0.3) is 22.1 Å². The molecule has 4 unspecified atom stereocenters. The largest absolute Gasteiger partial charge is 0.444 e. The number of hydrogen-bond acceptors (Lipinski definition) is 17. The molecule has 2 aliphatic carbocycles. The Morgan fingerprint density at radius 1 is 0.605 bits per heavy atom. The fraction of sp³-hybridized carbons (Fsp3) is 0.526. The zero-order valence-corrected chi connectivity index (χ0v) is 47.1. The van der Waals surface area contributed by atoms with Crippen molar-refractivity contribution in [3.05, 3.63) is 72.6 Å². The number of amides is 5. The summed E-state index contributed by atoms with van der Waals surface area (Å²) < 4.78 is 21.2. The topological polar surface area (TPSA) is 253 Å². The van der Waals surface area contributed by atoms with E-state index in [1.165, 1.54) is 0 Å². The van der Waals surface area contributed by atoms with Crippen LogP contribution >= 0.6 is 0 Å². The third-order valence-electron chi connectivity index (χ3n) is 15.7. The summed E-state index contributed by atoms with van der Waals surface area (Å²) in [4.78, 5) is 101. The third kappa shape index (κ3) is 11.8. The highest BCUT2D eigenvalue weighted by molar-refractivity contribution is 5.99. The molecule has 4 aliphatic heterocycles. The minimum Gasteiger partial charge on any atom is -0.444 e. The van der Waals surface area contributed by atoms with E-state index in [1.54, 1.807) is 83.5 Å². The lowest BCUT2D eigenvalue weighted by molar-refractivity contribution is -0.120. The van der Waals surface area contributed by atoms with Crippen molar-refractivity contribution < 1.29 is 38.2 Å². The molecule has 5 amide bonds. The van der Waals surface area contributed by atoms with E-state index >= 15 is 0 Å². The average Bonchev–Trinajstić information content (AvgIpc) is 4.45. The molecule has 4 bridgehead atoms. The number of pyridine rings is 2. The molecule has 4 atom stereocenters. The van der Waals surface area contributed by atoms with Crippen molar-refractivity contribution in [2.45, 2.75) is 127 Å². The molecule has 0 radical (unpaired) electrons. The molecule has 0 spiro atoms. The Labute approximate surface area is 469 Å². The first-order chi connectivity index (χ1) is 38.9. The molecule has 3 N–H and O–H groups in total. The number of nitrogens with one attached hydrogen (secondary N) is 3. The van der Waals surface area contributed by atoms with Gasteiger partial charge in [-0.2, -0.15) is 9.97 Å². The number of carbonyl (C=O) groups is 5. The maximum absolute atomic E-state index is 13.3. The van der Waals surface area contributed by atoms with Crippen LogP contribution in [0, 0.1) is 0 Å². The number of fused-ring (bicyclic) bond motifs is 6. The zero-order valence-electron chi connectivity index (χ0n) is 47.1. The fourth-order valence-corrected chi connectivity index (χ4v) is 11.9. The highest BCUT2D eigenvalue weighted by Crippen LogP contribution is 2.37. The van der Waals surface area contributed by atoms with Gasteiger partial charge < -0.3 is 58.9 Å². The highest BCUT2D eigenvalue weighted by atomic mass is 16.6. The van der Waals surface area contributed by atoms with E-state index in [2.05, 4.69) is 45.0 Å². The number of carbonyl (C=O) groups excluding carboxylic acids is 5. The zero-order chi connectivity index (χ0) is 56.7. The van der Waals surface area contributed by atoms with Crippen molar-refractivity contribution in [1.29, 1.82) is 0 Å². The van der Waals surface area contributed by atoms with Gasteiger partial charge in [-0.15, -0.1) is 0 Å². The number of anilines is 6. The van der Waals surface area contributed by atoms with Gasteiger partial charge in [0.2, 0.25) is 23.7 Å². The van der Waals surface area contributed by atoms with Gasteiger partial charge in [0.1, 0.15) is 39.9 Å². The molecule has 2 saturated carbocycles. The SMILES string of the molecule is CN(C)C(=O)c1cc2cnc(Nc3ccc(N4CC5COCC(CC4=O)N5)cn3)nc2n1C1CCCC1.CN(C)C(=O)c1cc2cnc(Nc3ccc(N4CC5COCC(CC4=O)N5C(=O)OC(C)(C)C)cn3)nc2n1C1CCCC1. The van der Waals surface area contributed by atoms with Crippen LogP contribution in [0.3, 0.4) is 0 Å². The summed E-state index contributed by atoms with van der Waals surface area (Å²) in [5.74, 6) is 1.73. The highest BCUT2D eigenvalue weighted by Gasteiger charge is 2.44. The Balaban J connectivity index is 0.000000173. The van der Waals surface area contributed by atoms with Crippen molar-refractivity contribution in [3.8, 4) is 0 Å². The maximum Gasteiger partial charge on any atom is 0.411 e. The molecule has 24 nitrogen and oxygen atoms in total. The molecule has 0 aromatic carbocycles. The Hall–Kier alpha value is -7.83. The number of ether oxygens (including phenoxy) is 3. The lowest BCUT2D eigenvalue weighted by atomic mass is 10.1. The van der Waals surface area contributed by atoms with E-state index in [1.807, 2.05) is 51.1 Å². The van der Waals surface area contributed by atoms with E-state index in [0.717, 1.165) is 73.5 Å². The standard InChI is InChI=1S/C31H40N8O5.C26H32N8O3/c1-31(2,3)44-30(42)38-22-13-26(40)37(16-23(38)18-43-17-22)21-10-11-25(32-15-21)34-29-33-14-19-12-24(28(41)36(4)5)39(27(19)35-29)20-8-6-7-9-20;1-32(2)25(36)21-9-16-11-28-26(31-24(16)34(21)19-5-3-4-6-19)30-22-8-7-20(12-27-22)33-13-18-15-37-14-17(29-18)10-23(33)35/h10-12,14-15,20,22-23H,6-9,13,16-18H2,1-5H3,(H,32,33,34,35);7-9,11-12,17-19,29H,3-6,10,13-15H2,1-2H3,(H,27,28,30,31). The number of morpholine rings is 2. The van der Waals surface area contributed by atoms with Gasteiger partial charge in [0.15, 0.2) is 0 Å². The molecule has 24 heteroatoms. The predicted octanol–water partition coefficient (Wildman–Crippen LogP) is 6.61. The summed E-state index contributed by atoms with van der Waals surface area (Å²) in [5, 5.41) is 11.5. The maximum atomic E-state index is 13.3. The van der Waals surface area contributed by atoms with Crippen molar-refractivity contribution in [2.75, 3.05) is 88.1 Å². The second-order valence-corrected chi connectivity index (χ2v) is 23.3. The molecular formula is C57H72N16O8. The molecule has 6 aliphatic rings. The molecule has 10 heterocycles. The second-order valence-electron chi connectivity index (χ2n) is 23.3. The smallest absolute Gasteiger partial charge is 0.411 e. The number of rotatable bonds is 10. The van der Waals surface area contributed by atoms with Crippen molar-refractivity contribution >= 4 is 86.7 Å². The van der Waals surface area contributed by atoms with Gasteiger partial charge in [0, 0.05) is 101 Å². The Kier molecular flexibility index (Phi) is 15.6. The van der Waals surface area contributed by atoms with Crippen LogP contribution in [0.4, 0.5) is 39.7 Å². The first kappa shape index (κ1) is 55.1.